The number of fused-ring (bicyclic) bond motifs is 2. The van der Waals surface area contributed by atoms with Gasteiger partial charge in [0.15, 0.2) is 17.4 Å². The summed E-state index contributed by atoms with van der Waals surface area (Å²) in [6.45, 7) is 3.57. The van der Waals surface area contributed by atoms with Gasteiger partial charge in [-0.3, -0.25) is 4.40 Å². The van der Waals surface area contributed by atoms with Crippen molar-refractivity contribution >= 4 is 35.6 Å². The molecule has 1 aliphatic rings. The maximum absolute atomic E-state index is 11.1. The molecule has 1 aliphatic carbocycles. The van der Waals surface area contributed by atoms with Crippen LogP contribution in [-0.2, 0) is 18.6 Å². The number of aromatic nitrogens is 3. The molecule has 148 valence electrons. The second-order valence-electron chi connectivity index (χ2n) is 6.78. The highest BCUT2D eigenvalue weighted by atomic mass is 127. The molecule has 1 atom stereocenters. The lowest BCUT2D eigenvalue weighted by Crippen LogP contribution is -2.45. The third-order valence-corrected chi connectivity index (χ3v) is 4.98. The van der Waals surface area contributed by atoms with Crippen molar-refractivity contribution in [1.29, 1.82) is 0 Å². The van der Waals surface area contributed by atoms with Crippen LogP contribution in [0.15, 0.2) is 53.7 Å². The Bertz CT molecular complexity index is 972. The van der Waals surface area contributed by atoms with Crippen molar-refractivity contribution in [2.45, 2.75) is 31.9 Å². The SMILES string of the molecule is CCNC(=NCc1nnc2ccccn12)NCC1(O)CCc2ccccc21.I. The fourth-order valence-corrected chi connectivity index (χ4v) is 3.57. The van der Waals surface area contributed by atoms with Crippen molar-refractivity contribution in [3.05, 3.63) is 65.6 Å². The predicted octanol–water partition coefficient (Wildman–Crippen LogP) is 2.24. The minimum absolute atomic E-state index is 0. The molecule has 1 unspecified atom stereocenters. The van der Waals surface area contributed by atoms with E-state index in [9.17, 15) is 5.11 Å². The average molecular weight is 492 g/mol. The minimum atomic E-state index is -0.867. The molecule has 0 saturated heterocycles. The van der Waals surface area contributed by atoms with Gasteiger partial charge in [0.05, 0.1) is 6.54 Å². The predicted molar refractivity (Wildman–Crippen MR) is 120 cm³/mol. The van der Waals surface area contributed by atoms with Crippen LogP contribution in [0.4, 0.5) is 0 Å². The van der Waals surface area contributed by atoms with Crippen LogP contribution in [0.2, 0.25) is 0 Å². The molecule has 0 radical (unpaired) electrons. The summed E-state index contributed by atoms with van der Waals surface area (Å²) in [6.07, 6.45) is 3.54. The van der Waals surface area contributed by atoms with E-state index >= 15 is 0 Å². The zero-order valence-corrected chi connectivity index (χ0v) is 18.1. The van der Waals surface area contributed by atoms with Gasteiger partial charge in [-0.1, -0.05) is 30.3 Å². The number of rotatable bonds is 5. The number of aliphatic imine (C=N–C) groups is 1. The number of halogens is 1. The summed E-state index contributed by atoms with van der Waals surface area (Å²) in [6, 6.07) is 13.9. The lowest BCUT2D eigenvalue weighted by Gasteiger charge is -2.25. The van der Waals surface area contributed by atoms with E-state index in [4.69, 9.17) is 0 Å². The van der Waals surface area contributed by atoms with Crippen molar-refractivity contribution < 1.29 is 5.11 Å². The summed E-state index contributed by atoms with van der Waals surface area (Å²) in [7, 11) is 0. The summed E-state index contributed by atoms with van der Waals surface area (Å²) < 4.78 is 1.92. The Morgan fingerprint density at radius 3 is 2.86 bits per heavy atom. The van der Waals surface area contributed by atoms with Crippen LogP contribution < -0.4 is 10.6 Å². The Morgan fingerprint density at radius 2 is 2.00 bits per heavy atom. The molecule has 0 bridgehead atoms. The van der Waals surface area contributed by atoms with Gasteiger partial charge in [-0.05, 0) is 43.0 Å². The molecule has 28 heavy (non-hydrogen) atoms. The van der Waals surface area contributed by atoms with Gasteiger partial charge < -0.3 is 15.7 Å². The molecule has 8 heteroatoms. The third kappa shape index (κ3) is 4.12. The van der Waals surface area contributed by atoms with Crippen LogP contribution in [-0.4, -0.2) is 38.8 Å². The first kappa shape index (κ1) is 20.5. The molecule has 0 spiro atoms. The summed E-state index contributed by atoms with van der Waals surface area (Å²) in [5, 5.41) is 26.0. The summed E-state index contributed by atoms with van der Waals surface area (Å²) in [5.74, 6) is 1.43. The van der Waals surface area contributed by atoms with Crippen molar-refractivity contribution in [3.8, 4) is 0 Å². The van der Waals surface area contributed by atoms with Crippen LogP contribution in [0.25, 0.3) is 5.65 Å². The molecule has 3 N–H and O–H groups in total. The highest BCUT2D eigenvalue weighted by Gasteiger charge is 2.36. The van der Waals surface area contributed by atoms with Gasteiger partial charge in [0, 0.05) is 12.7 Å². The maximum Gasteiger partial charge on any atom is 0.191 e. The summed E-state index contributed by atoms with van der Waals surface area (Å²) >= 11 is 0. The summed E-state index contributed by atoms with van der Waals surface area (Å²) in [5.41, 5.74) is 2.17. The number of nitrogens with one attached hydrogen (secondary N) is 2. The van der Waals surface area contributed by atoms with E-state index in [1.165, 1.54) is 5.56 Å². The molecule has 3 aromatic rings. The van der Waals surface area contributed by atoms with Gasteiger partial charge in [-0.2, -0.15) is 0 Å². The van der Waals surface area contributed by atoms with E-state index in [0.29, 0.717) is 25.5 Å². The first-order valence-corrected chi connectivity index (χ1v) is 9.31. The number of hydrogen-bond donors (Lipinski definition) is 3. The fourth-order valence-electron chi connectivity index (χ4n) is 3.57. The number of benzene rings is 1. The largest absolute Gasteiger partial charge is 0.383 e. The standard InChI is InChI=1S/C20H24N6O.HI/c1-2-21-19(22-13-18-25-24-17-9-5-6-12-26(17)18)23-14-20(27)11-10-15-7-3-4-8-16(15)20;/h3-9,12,27H,2,10-11,13-14H2,1H3,(H2,21,22,23);1H. The van der Waals surface area contributed by atoms with Crippen LogP contribution >= 0.6 is 24.0 Å². The van der Waals surface area contributed by atoms with E-state index in [2.05, 4.69) is 31.9 Å². The molecule has 1 aromatic carbocycles. The molecule has 2 heterocycles. The molecular weight excluding hydrogens is 467 g/mol. The Morgan fingerprint density at radius 1 is 1.18 bits per heavy atom. The molecule has 2 aromatic heterocycles. The zero-order chi connectivity index (χ0) is 18.7. The van der Waals surface area contributed by atoms with Gasteiger partial charge in [-0.25, -0.2) is 4.99 Å². The number of nitrogens with zero attached hydrogens (tertiary/aromatic N) is 4. The minimum Gasteiger partial charge on any atom is -0.383 e. The van der Waals surface area contributed by atoms with E-state index in [-0.39, 0.29) is 24.0 Å². The Hall–Kier alpha value is -2.20. The van der Waals surface area contributed by atoms with Crippen molar-refractivity contribution in [3.63, 3.8) is 0 Å². The zero-order valence-electron chi connectivity index (χ0n) is 15.8. The van der Waals surface area contributed by atoms with Gasteiger partial charge in [0.25, 0.3) is 0 Å². The quantitative estimate of drug-likeness (QED) is 0.289. The first-order valence-electron chi connectivity index (χ1n) is 9.31. The van der Waals surface area contributed by atoms with E-state index < -0.39 is 5.60 Å². The highest BCUT2D eigenvalue weighted by molar-refractivity contribution is 14.0. The van der Waals surface area contributed by atoms with Crippen molar-refractivity contribution in [2.75, 3.05) is 13.1 Å². The number of aliphatic hydroxyl groups is 1. The van der Waals surface area contributed by atoms with E-state index in [0.717, 1.165) is 30.0 Å². The smallest absolute Gasteiger partial charge is 0.191 e. The molecule has 7 nitrogen and oxygen atoms in total. The average Bonchev–Trinajstić information content (AvgIpc) is 3.26. The molecule has 0 saturated carbocycles. The lowest BCUT2D eigenvalue weighted by molar-refractivity contribution is 0.0432. The van der Waals surface area contributed by atoms with Gasteiger partial charge in [0.2, 0.25) is 0 Å². The van der Waals surface area contributed by atoms with Gasteiger partial charge in [0.1, 0.15) is 12.1 Å². The van der Waals surface area contributed by atoms with Gasteiger partial charge >= 0.3 is 0 Å². The van der Waals surface area contributed by atoms with Crippen LogP contribution in [0.1, 0.15) is 30.3 Å². The van der Waals surface area contributed by atoms with Crippen LogP contribution in [0, 0.1) is 0 Å². The van der Waals surface area contributed by atoms with Crippen LogP contribution in [0.5, 0.6) is 0 Å². The molecule has 0 fully saturated rings. The maximum atomic E-state index is 11.1. The Kier molecular flexibility index (Phi) is 6.50. The molecule has 0 amide bonds. The second kappa shape index (κ2) is 8.87. The highest BCUT2D eigenvalue weighted by Crippen LogP contribution is 2.36. The Balaban J connectivity index is 0.00000225. The molecular formula is C20H25IN6O. The lowest BCUT2D eigenvalue weighted by atomic mass is 9.96. The fraction of sp³-hybridized carbons (Fsp3) is 0.350. The number of guanidine groups is 1. The third-order valence-electron chi connectivity index (χ3n) is 4.98. The van der Waals surface area contributed by atoms with Crippen molar-refractivity contribution in [1.82, 2.24) is 25.2 Å². The van der Waals surface area contributed by atoms with E-state index in [1.54, 1.807) is 0 Å². The number of hydrogen-bond acceptors (Lipinski definition) is 4. The van der Waals surface area contributed by atoms with Crippen LogP contribution in [0.3, 0.4) is 0 Å². The van der Waals surface area contributed by atoms with E-state index in [1.807, 2.05) is 53.9 Å². The Labute approximate surface area is 181 Å². The summed E-state index contributed by atoms with van der Waals surface area (Å²) in [4.78, 5) is 4.61. The molecule has 4 rings (SSSR count). The first-order chi connectivity index (χ1) is 13.2. The number of pyridine rings is 1. The number of aryl methyl sites for hydroxylation is 1. The molecule has 0 aliphatic heterocycles. The monoisotopic (exact) mass is 492 g/mol. The normalized spacial score (nSPS) is 18.6. The second-order valence-corrected chi connectivity index (χ2v) is 6.78. The van der Waals surface area contributed by atoms with Gasteiger partial charge in [-0.15, -0.1) is 34.2 Å². The van der Waals surface area contributed by atoms with Crippen molar-refractivity contribution in [2.24, 2.45) is 4.99 Å². The topological polar surface area (TPSA) is 86.8 Å².